The Kier molecular flexibility index (Phi) is 6.41. The fourth-order valence-corrected chi connectivity index (χ4v) is 2.98. The molecule has 0 aliphatic heterocycles. The molecule has 7 heteroatoms. The van der Waals surface area contributed by atoms with Gasteiger partial charge < -0.3 is 13.9 Å². The van der Waals surface area contributed by atoms with Crippen LogP contribution in [0.1, 0.15) is 18.9 Å². The molecule has 1 heterocycles. The van der Waals surface area contributed by atoms with Crippen LogP contribution in [0.2, 0.25) is 5.02 Å². The highest BCUT2D eigenvalue weighted by Gasteiger charge is 2.13. The average Bonchev–Trinajstić information content (AvgIpc) is 3.15. The van der Waals surface area contributed by atoms with E-state index in [0.29, 0.717) is 34.2 Å². The Hall–Kier alpha value is -2.18. The van der Waals surface area contributed by atoms with Gasteiger partial charge in [-0.05, 0) is 42.3 Å². The second kappa shape index (κ2) is 8.96. The van der Waals surface area contributed by atoms with Gasteiger partial charge >= 0.3 is 0 Å². The number of hydrogen-bond acceptors (Lipinski definition) is 6. The Bertz CT molecular complexity index is 852. The molecule has 3 rings (SSSR count). The van der Waals surface area contributed by atoms with Crippen LogP contribution in [0.25, 0.3) is 11.5 Å². The topological polar surface area (TPSA) is 57.4 Å². The van der Waals surface area contributed by atoms with Gasteiger partial charge in [-0.2, -0.15) is 0 Å². The summed E-state index contributed by atoms with van der Waals surface area (Å²) in [6.07, 6.45) is 1.05. The lowest BCUT2D eigenvalue weighted by Gasteiger charge is -2.11. The first kappa shape index (κ1) is 18.6. The summed E-state index contributed by atoms with van der Waals surface area (Å²) in [6, 6.07) is 13.1. The van der Waals surface area contributed by atoms with Gasteiger partial charge in [0.15, 0.2) is 11.5 Å². The lowest BCUT2D eigenvalue weighted by molar-refractivity contribution is 0.284. The predicted molar refractivity (Wildman–Crippen MR) is 103 cm³/mol. The molecule has 26 heavy (non-hydrogen) atoms. The summed E-state index contributed by atoms with van der Waals surface area (Å²) in [7, 11) is 1.60. The Labute approximate surface area is 161 Å². The zero-order chi connectivity index (χ0) is 18.4. The van der Waals surface area contributed by atoms with Crippen molar-refractivity contribution < 1.29 is 13.9 Å². The summed E-state index contributed by atoms with van der Waals surface area (Å²) in [4.78, 5) is 0. The maximum atomic E-state index is 5.90. The maximum absolute atomic E-state index is 5.90. The summed E-state index contributed by atoms with van der Waals surface area (Å²) in [5.74, 6) is 2.66. The first-order chi connectivity index (χ1) is 12.7. The largest absolute Gasteiger partial charge is 0.493 e. The summed E-state index contributed by atoms with van der Waals surface area (Å²) < 4.78 is 17.0. The number of nitrogens with zero attached hydrogens (tertiary/aromatic N) is 2. The van der Waals surface area contributed by atoms with E-state index in [4.69, 9.17) is 25.5 Å². The molecule has 0 spiro atoms. The van der Waals surface area contributed by atoms with Crippen molar-refractivity contribution >= 4 is 23.4 Å². The Morgan fingerprint density at radius 2 is 1.88 bits per heavy atom. The highest BCUT2D eigenvalue weighted by atomic mass is 35.5. The molecule has 0 aliphatic rings. The maximum Gasteiger partial charge on any atom is 0.276 e. The fraction of sp³-hybridized carbons (Fsp3) is 0.263. The Morgan fingerprint density at radius 3 is 2.62 bits per heavy atom. The van der Waals surface area contributed by atoms with Crippen LogP contribution in [0, 0.1) is 0 Å². The van der Waals surface area contributed by atoms with E-state index >= 15 is 0 Å². The molecule has 0 saturated carbocycles. The SMILES string of the molecule is CCCSc1nnc(-c2ccc(OCc3ccc(Cl)cc3)c(OC)c2)o1. The van der Waals surface area contributed by atoms with Gasteiger partial charge in [-0.15, -0.1) is 10.2 Å². The van der Waals surface area contributed by atoms with Gasteiger partial charge in [-0.1, -0.05) is 42.4 Å². The van der Waals surface area contributed by atoms with Crippen LogP contribution in [0.15, 0.2) is 52.1 Å². The first-order valence-electron chi connectivity index (χ1n) is 8.21. The van der Waals surface area contributed by atoms with Gasteiger partial charge in [0, 0.05) is 16.3 Å². The number of thioether (sulfide) groups is 1. The van der Waals surface area contributed by atoms with E-state index in [1.807, 2.05) is 42.5 Å². The molecular formula is C19H19ClN2O3S. The van der Waals surface area contributed by atoms with Gasteiger partial charge in [-0.3, -0.25) is 0 Å². The van der Waals surface area contributed by atoms with E-state index in [2.05, 4.69) is 17.1 Å². The van der Waals surface area contributed by atoms with Crippen LogP contribution < -0.4 is 9.47 Å². The average molecular weight is 391 g/mol. The second-order valence-corrected chi connectivity index (χ2v) is 6.98. The molecule has 0 fully saturated rings. The van der Waals surface area contributed by atoms with Crippen molar-refractivity contribution in [3.63, 3.8) is 0 Å². The van der Waals surface area contributed by atoms with E-state index < -0.39 is 0 Å². The van der Waals surface area contributed by atoms with Crippen molar-refractivity contribution in [2.45, 2.75) is 25.2 Å². The molecule has 0 radical (unpaired) electrons. The van der Waals surface area contributed by atoms with Crippen molar-refractivity contribution in [3.05, 3.63) is 53.1 Å². The molecule has 0 aliphatic carbocycles. The molecular weight excluding hydrogens is 372 g/mol. The van der Waals surface area contributed by atoms with Crippen molar-refractivity contribution in [3.8, 4) is 23.0 Å². The molecule has 0 amide bonds. The third-order valence-electron chi connectivity index (χ3n) is 3.55. The number of halogens is 1. The van der Waals surface area contributed by atoms with Crippen LogP contribution in [0.5, 0.6) is 11.5 Å². The Balaban J connectivity index is 1.72. The third-order valence-corrected chi connectivity index (χ3v) is 4.83. The van der Waals surface area contributed by atoms with Crippen LogP contribution >= 0.6 is 23.4 Å². The van der Waals surface area contributed by atoms with E-state index in [-0.39, 0.29) is 0 Å². The van der Waals surface area contributed by atoms with Crippen LogP contribution in [-0.4, -0.2) is 23.1 Å². The van der Waals surface area contributed by atoms with Crippen LogP contribution in [0.4, 0.5) is 0 Å². The summed E-state index contributed by atoms with van der Waals surface area (Å²) in [5, 5.41) is 9.43. The summed E-state index contributed by atoms with van der Waals surface area (Å²) in [5.41, 5.74) is 1.81. The standard InChI is InChI=1S/C19H19ClN2O3S/c1-3-10-26-19-22-21-18(25-19)14-6-9-16(17(11-14)23-2)24-12-13-4-7-15(20)8-5-13/h4-9,11H,3,10,12H2,1-2H3. The van der Waals surface area contributed by atoms with E-state index in [1.165, 1.54) is 0 Å². The minimum Gasteiger partial charge on any atom is -0.493 e. The van der Waals surface area contributed by atoms with E-state index in [1.54, 1.807) is 18.9 Å². The zero-order valence-electron chi connectivity index (χ0n) is 14.6. The number of benzene rings is 2. The first-order valence-corrected chi connectivity index (χ1v) is 9.58. The van der Waals surface area contributed by atoms with Gasteiger partial charge in [-0.25, -0.2) is 0 Å². The smallest absolute Gasteiger partial charge is 0.276 e. The van der Waals surface area contributed by atoms with E-state index in [9.17, 15) is 0 Å². The van der Waals surface area contributed by atoms with Crippen molar-refractivity contribution in [2.24, 2.45) is 0 Å². The van der Waals surface area contributed by atoms with Gasteiger partial charge in [0.05, 0.1) is 7.11 Å². The van der Waals surface area contributed by atoms with Crippen molar-refractivity contribution in [1.82, 2.24) is 10.2 Å². The predicted octanol–water partition coefficient (Wildman–Crippen LogP) is 5.48. The lowest BCUT2D eigenvalue weighted by atomic mass is 10.2. The minimum absolute atomic E-state index is 0.422. The minimum atomic E-state index is 0.422. The molecule has 0 saturated heterocycles. The second-order valence-electron chi connectivity index (χ2n) is 5.50. The Morgan fingerprint density at radius 1 is 1.08 bits per heavy atom. The molecule has 5 nitrogen and oxygen atoms in total. The number of hydrogen-bond donors (Lipinski definition) is 0. The molecule has 0 unspecified atom stereocenters. The van der Waals surface area contributed by atoms with Gasteiger partial charge in [0.1, 0.15) is 6.61 Å². The quantitative estimate of drug-likeness (QED) is 0.474. The summed E-state index contributed by atoms with van der Waals surface area (Å²) >= 11 is 7.45. The van der Waals surface area contributed by atoms with Crippen LogP contribution in [0.3, 0.4) is 0 Å². The molecule has 0 bridgehead atoms. The molecule has 2 aromatic carbocycles. The normalized spacial score (nSPS) is 10.7. The molecule has 136 valence electrons. The monoisotopic (exact) mass is 390 g/mol. The molecule has 0 N–H and O–H groups in total. The zero-order valence-corrected chi connectivity index (χ0v) is 16.1. The molecule has 1 aromatic heterocycles. The number of aromatic nitrogens is 2. The number of methoxy groups -OCH3 is 1. The van der Waals surface area contributed by atoms with Crippen molar-refractivity contribution in [1.29, 1.82) is 0 Å². The number of ether oxygens (including phenoxy) is 2. The lowest BCUT2D eigenvalue weighted by Crippen LogP contribution is -1.98. The summed E-state index contributed by atoms with van der Waals surface area (Å²) in [6.45, 7) is 2.53. The van der Waals surface area contributed by atoms with Crippen molar-refractivity contribution in [2.75, 3.05) is 12.9 Å². The molecule has 0 atom stereocenters. The fourth-order valence-electron chi connectivity index (χ4n) is 2.24. The van der Waals surface area contributed by atoms with E-state index in [0.717, 1.165) is 23.3 Å². The number of rotatable bonds is 8. The van der Waals surface area contributed by atoms with Crippen LogP contribution in [-0.2, 0) is 6.61 Å². The van der Waals surface area contributed by atoms with Gasteiger partial charge in [0.25, 0.3) is 5.22 Å². The third kappa shape index (κ3) is 4.71. The highest BCUT2D eigenvalue weighted by Crippen LogP contribution is 2.33. The highest BCUT2D eigenvalue weighted by molar-refractivity contribution is 7.99. The van der Waals surface area contributed by atoms with Gasteiger partial charge in [0.2, 0.25) is 5.89 Å². The molecule has 3 aromatic rings.